The molecule has 1 aliphatic heterocycles. The highest BCUT2D eigenvalue weighted by molar-refractivity contribution is 4.91. The second-order valence-electron chi connectivity index (χ2n) is 4.90. The average Bonchev–Trinajstić information content (AvgIpc) is 2.80. The summed E-state index contributed by atoms with van der Waals surface area (Å²) in [5, 5.41) is 7.47. The van der Waals surface area contributed by atoms with E-state index in [2.05, 4.69) is 20.4 Å². The fourth-order valence-electron chi connectivity index (χ4n) is 2.29. The summed E-state index contributed by atoms with van der Waals surface area (Å²) in [5.74, 6) is 1.46. The summed E-state index contributed by atoms with van der Waals surface area (Å²) in [6, 6.07) is 1.46. The summed E-state index contributed by atoms with van der Waals surface area (Å²) in [4.78, 5) is 6.61. The van der Waals surface area contributed by atoms with Gasteiger partial charge in [-0.1, -0.05) is 5.16 Å². The van der Waals surface area contributed by atoms with E-state index < -0.39 is 0 Å². The first-order valence-electron chi connectivity index (χ1n) is 6.07. The van der Waals surface area contributed by atoms with Crippen molar-refractivity contribution < 1.29 is 4.52 Å². The molecular formula is C11H18N4O. The summed E-state index contributed by atoms with van der Waals surface area (Å²) in [5.41, 5.74) is 0. The molecule has 0 aromatic carbocycles. The van der Waals surface area contributed by atoms with Crippen LogP contribution >= 0.6 is 0 Å². The number of nitrogens with one attached hydrogen (secondary N) is 1. The van der Waals surface area contributed by atoms with Crippen molar-refractivity contribution in [3.05, 3.63) is 11.7 Å². The minimum Gasteiger partial charge on any atom is -0.338 e. The lowest BCUT2D eigenvalue weighted by Crippen LogP contribution is -2.33. The van der Waals surface area contributed by atoms with Crippen molar-refractivity contribution in [2.45, 2.75) is 44.8 Å². The molecule has 1 aliphatic carbocycles. The fourth-order valence-corrected chi connectivity index (χ4v) is 2.29. The lowest BCUT2D eigenvalue weighted by atomic mass is 10.2. The molecule has 5 nitrogen and oxygen atoms in total. The summed E-state index contributed by atoms with van der Waals surface area (Å²) < 4.78 is 5.13. The van der Waals surface area contributed by atoms with E-state index in [-0.39, 0.29) is 0 Å². The van der Waals surface area contributed by atoms with Gasteiger partial charge in [-0.25, -0.2) is 0 Å². The third kappa shape index (κ3) is 2.41. The van der Waals surface area contributed by atoms with Crippen molar-refractivity contribution in [2.75, 3.05) is 13.1 Å². The zero-order valence-electron chi connectivity index (χ0n) is 9.65. The van der Waals surface area contributed by atoms with Crippen LogP contribution in [0.15, 0.2) is 4.52 Å². The largest absolute Gasteiger partial charge is 0.338 e. The third-order valence-electron chi connectivity index (χ3n) is 3.25. The van der Waals surface area contributed by atoms with E-state index in [0.717, 1.165) is 37.4 Å². The smallest absolute Gasteiger partial charge is 0.240 e. The molecule has 0 spiro atoms. The number of hydrogen-bond donors (Lipinski definition) is 1. The Kier molecular flexibility index (Phi) is 2.65. The van der Waals surface area contributed by atoms with Crippen LogP contribution in [0.3, 0.4) is 0 Å². The van der Waals surface area contributed by atoms with Crippen LogP contribution in [-0.2, 0) is 6.54 Å². The summed E-state index contributed by atoms with van der Waals surface area (Å²) in [7, 11) is 0. The molecule has 1 saturated heterocycles. The van der Waals surface area contributed by atoms with Crippen LogP contribution in [0, 0.1) is 6.92 Å². The van der Waals surface area contributed by atoms with Crippen molar-refractivity contribution in [1.82, 2.24) is 20.4 Å². The first-order chi connectivity index (χ1) is 7.79. The van der Waals surface area contributed by atoms with Gasteiger partial charge in [0.25, 0.3) is 0 Å². The van der Waals surface area contributed by atoms with Gasteiger partial charge in [-0.2, -0.15) is 4.98 Å². The maximum absolute atomic E-state index is 5.13. The van der Waals surface area contributed by atoms with Crippen molar-refractivity contribution in [3.8, 4) is 0 Å². The first-order valence-corrected chi connectivity index (χ1v) is 6.07. The van der Waals surface area contributed by atoms with Crippen molar-refractivity contribution in [3.63, 3.8) is 0 Å². The predicted molar refractivity (Wildman–Crippen MR) is 58.9 cm³/mol. The molecule has 1 unspecified atom stereocenters. The third-order valence-corrected chi connectivity index (χ3v) is 3.25. The lowest BCUT2D eigenvalue weighted by molar-refractivity contribution is 0.262. The van der Waals surface area contributed by atoms with E-state index in [4.69, 9.17) is 4.52 Å². The molecule has 0 amide bonds. The molecule has 2 fully saturated rings. The van der Waals surface area contributed by atoms with E-state index >= 15 is 0 Å². The maximum atomic E-state index is 5.13. The highest BCUT2D eigenvalue weighted by Crippen LogP contribution is 2.22. The standard InChI is InChI=1S/C11H18N4O/c1-8-12-11(16-14-8)7-15-5-4-10(6-15)13-9-2-3-9/h9-10,13H,2-7H2,1H3. The van der Waals surface area contributed by atoms with E-state index in [1.807, 2.05) is 6.92 Å². The van der Waals surface area contributed by atoms with Crippen LogP contribution in [0.1, 0.15) is 31.0 Å². The van der Waals surface area contributed by atoms with Crippen molar-refractivity contribution in [2.24, 2.45) is 0 Å². The fraction of sp³-hybridized carbons (Fsp3) is 0.818. The number of aryl methyl sites for hydroxylation is 1. The number of rotatable bonds is 4. The molecule has 1 N–H and O–H groups in total. The topological polar surface area (TPSA) is 54.2 Å². The number of likely N-dealkylation sites (tertiary alicyclic amines) is 1. The highest BCUT2D eigenvalue weighted by Gasteiger charge is 2.29. The van der Waals surface area contributed by atoms with E-state index in [1.165, 1.54) is 19.3 Å². The Balaban J connectivity index is 1.49. The van der Waals surface area contributed by atoms with E-state index in [0.29, 0.717) is 6.04 Å². The van der Waals surface area contributed by atoms with E-state index in [9.17, 15) is 0 Å². The van der Waals surface area contributed by atoms with E-state index in [1.54, 1.807) is 0 Å². The Bertz CT molecular complexity index is 361. The molecule has 1 saturated carbocycles. The molecule has 0 radical (unpaired) electrons. The normalized spacial score (nSPS) is 26.4. The molecule has 1 aromatic rings. The Hall–Kier alpha value is -0.940. The van der Waals surface area contributed by atoms with Gasteiger partial charge in [0.05, 0.1) is 6.54 Å². The van der Waals surface area contributed by atoms with Gasteiger partial charge in [0, 0.05) is 25.2 Å². The molecule has 88 valence electrons. The Morgan fingerprint density at radius 3 is 2.94 bits per heavy atom. The minimum atomic E-state index is 0.663. The van der Waals surface area contributed by atoms with Crippen LogP contribution in [0.5, 0.6) is 0 Å². The van der Waals surface area contributed by atoms with Crippen LogP contribution in [0.25, 0.3) is 0 Å². The van der Waals surface area contributed by atoms with Crippen LogP contribution in [-0.4, -0.2) is 40.2 Å². The zero-order valence-corrected chi connectivity index (χ0v) is 9.65. The molecule has 3 rings (SSSR count). The second-order valence-corrected chi connectivity index (χ2v) is 4.90. The SMILES string of the molecule is Cc1noc(CN2CCC(NC3CC3)C2)n1. The van der Waals surface area contributed by atoms with Crippen LogP contribution in [0.2, 0.25) is 0 Å². The minimum absolute atomic E-state index is 0.663. The summed E-state index contributed by atoms with van der Waals surface area (Å²) in [6.07, 6.45) is 3.96. The van der Waals surface area contributed by atoms with Gasteiger partial charge < -0.3 is 9.84 Å². The van der Waals surface area contributed by atoms with Gasteiger partial charge in [-0.05, 0) is 26.2 Å². The first kappa shape index (κ1) is 10.2. The highest BCUT2D eigenvalue weighted by atomic mass is 16.5. The summed E-state index contributed by atoms with van der Waals surface area (Å²) in [6.45, 7) is 4.89. The molecule has 16 heavy (non-hydrogen) atoms. The van der Waals surface area contributed by atoms with Gasteiger partial charge in [-0.15, -0.1) is 0 Å². The molecule has 1 atom stereocenters. The van der Waals surface area contributed by atoms with Crippen molar-refractivity contribution >= 4 is 0 Å². The number of aromatic nitrogens is 2. The van der Waals surface area contributed by atoms with Gasteiger partial charge in [0.15, 0.2) is 5.82 Å². The van der Waals surface area contributed by atoms with Gasteiger partial charge in [-0.3, -0.25) is 4.90 Å². The van der Waals surface area contributed by atoms with Gasteiger partial charge in [0.2, 0.25) is 5.89 Å². The molecular weight excluding hydrogens is 204 g/mol. The maximum Gasteiger partial charge on any atom is 0.240 e. The quantitative estimate of drug-likeness (QED) is 0.813. The molecule has 0 bridgehead atoms. The average molecular weight is 222 g/mol. The molecule has 1 aromatic heterocycles. The zero-order chi connectivity index (χ0) is 11.0. The van der Waals surface area contributed by atoms with Crippen molar-refractivity contribution in [1.29, 1.82) is 0 Å². The Labute approximate surface area is 95.2 Å². The Morgan fingerprint density at radius 2 is 2.25 bits per heavy atom. The summed E-state index contributed by atoms with van der Waals surface area (Å²) >= 11 is 0. The number of hydrogen-bond acceptors (Lipinski definition) is 5. The number of nitrogens with zero attached hydrogens (tertiary/aromatic N) is 3. The van der Waals surface area contributed by atoms with Crippen LogP contribution in [0.4, 0.5) is 0 Å². The molecule has 5 heteroatoms. The second kappa shape index (κ2) is 4.14. The predicted octanol–water partition coefficient (Wildman–Crippen LogP) is 0.704. The van der Waals surface area contributed by atoms with Crippen LogP contribution < -0.4 is 5.32 Å². The lowest BCUT2D eigenvalue weighted by Gasteiger charge is -2.14. The van der Waals surface area contributed by atoms with Gasteiger partial charge >= 0.3 is 0 Å². The van der Waals surface area contributed by atoms with Gasteiger partial charge in [0.1, 0.15) is 0 Å². The Morgan fingerprint density at radius 1 is 1.38 bits per heavy atom. The molecule has 2 aliphatic rings. The monoisotopic (exact) mass is 222 g/mol. The molecule has 2 heterocycles.